The molecule has 15 heteroatoms. The van der Waals surface area contributed by atoms with Crippen molar-refractivity contribution >= 4 is 89.9 Å². The highest BCUT2D eigenvalue weighted by Crippen LogP contribution is 2.31. The Balaban J connectivity index is 0.000000191. The predicted molar refractivity (Wildman–Crippen MR) is 241 cm³/mol. The minimum absolute atomic E-state index is 0.00731. The molecule has 0 saturated carbocycles. The SMILES string of the molecule is CN1CCN(c2ccc(N=C=S)cc2)CC1.CN1CCN(c2ccc(Nc3nc(N)c(C(=O)c4cccc(C#N)c4)s3)cc2)CC1.N#Cc1cccc(C(=O)CBr)c1. The van der Waals surface area contributed by atoms with Gasteiger partial charge < -0.3 is 30.7 Å². The molecule has 0 aliphatic carbocycles. The zero-order chi connectivity index (χ0) is 41.4. The van der Waals surface area contributed by atoms with E-state index in [9.17, 15) is 9.59 Å². The van der Waals surface area contributed by atoms with Crippen LogP contribution in [-0.2, 0) is 0 Å². The van der Waals surface area contributed by atoms with Crippen LogP contribution in [0.3, 0.4) is 0 Å². The van der Waals surface area contributed by atoms with E-state index in [1.54, 1.807) is 48.5 Å². The Morgan fingerprint density at radius 3 is 1.79 bits per heavy atom. The lowest BCUT2D eigenvalue weighted by atomic mass is 10.1. The van der Waals surface area contributed by atoms with Crippen molar-refractivity contribution in [3.8, 4) is 12.1 Å². The first kappa shape index (κ1) is 43.4. The number of nitrogen functional groups attached to an aromatic ring is 1. The molecule has 2 aliphatic rings. The van der Waals surface area contributed by atoms with Crippen LogP contribution in [0.25, 0.3) is 0 Å². The van der Waals surface area contributed by atoms with Crippen LogP contribution in [0, 0.1) is 22.7 Å². The number of carbonyl (C=O) groups excluding carboxylic acids is 2. The van der Waals surface area contributed by atoms with E-state index in [4.69, 9.17) is 16.3 Å². The fourth-order valence-corrected chi connectivity index (χ4v) is 7.34. The van der Waals surface area contributed by atoms with Gasteiger partial charge in [0.05, 0.1) is 39.4 Å². The number of alkyl halides is 1. The summed E-state index contributed by atoms with van der Waals surface area (Å²) in [7, 11) is 4.30. The van der Waals surface area contributed by atoms with Gasteiger partial charge in [-0.15, -0.1) is 0 Å². The number of nitrogens with two attached hydrogens (primary N) is 1. The van der Waals surface area contributed by atoms with Crippen LogP contribution in [0.1, 0.15) is 36.7 Å². The molecular weight excluding hydrogens is 833 g/mol. The van der Waals surface area contributed by atoms with Crippen molar-refractivity contribution < 1.29 is 9.59 Å². The molecular formula is C43H43BrN10O2S2. The van der Waals surface area contributed by atoms with Crippen molar-refractivity contribution in [3.63, 3.8) is 0 Å². The molecule has 12 nitrogen and oxygen atoms in total. The smallest absolute Gasteiger partial charge is 0.206 e. The number of carbonyl (C=O) groups is 2. The third-order valence-electron chi connectivity index (χ3n) is 9.43. The minimum Gasteiger partial charge on any atom is -0.382 e. The maximum Gasteiger partial charge on any atom is 0.206 e. The molecule has 1 aromatic heterocycles. The molecule has 4 aromatic carbocycles. The number of Topliss-reactive ketones (excluding diaryl/α,β-unsaturated/α-hetero) is 1. The monoisotopic (exact) mass is 874 g/mol. The van der Waals surface area contributed by atoms with E-state index >= 15 is 0 Å². The first-order valence-corrected chi connectivity index (χ1v) is 20.8. The van der Waals surface area contributed by atoms with E-state index in [2.05, 4.69) is 107 Å². The summed E-state index contributed by atoms with van der Waals surface area (Å²) in [6.07, 6.45) is 0. The molecule has 7 rings (SSSR count). The second-order valence-electron chi connectivity index (χ2n) is 13.5. The summed E-state index contributed by atoms with van der Waals surface area (Å²) < 4.78 is 0. The Labute approximate surface area is 357 Å². The van der Waals surface area contributed by atoms with Gasteiger partial charge in [0.2, 0.25) is 5.78 Å². The number of isothiocyanates is 1. The molecule has 0 atom stereocenters. The van der Waals surface area contributed by atoms with E-state index in [-0.39, 0.29) is 17.4 Å². The minimum atomic E-state index is -0.236. The van der Waals surface area contributed by atoms with Gasteiger partial charge in [0.25, 0.3) is 0 Å². The molecule has 3 heterocycles. The number of anilines is 5. The molecule has 5 aromatic rings. The molecule has 0 unspecified atom stereocenters. The molecule has 0 bridgehead atoms. The maximum atomic E-state index is 12.8. The van der Waals surface area contributed by atoms with Gasteiger partial charge >= 0.3 is 0 Å². The van der Waals surface area contributed by atoms with Gasteiger partial charge in [0.15, 0.2) is 10.9 Å². The van der Waals surface area contributed by atoms with Crippen LogP contribution in [-0.4, -0.2) is 103 Å². The first-order chi connectivity index (χ1) is 28.1. The average Bonchev–Trinajstić information content (AvgIpc) is 3.63. The van der Waals surface area contributed by atoms with Gasteiger partial charge in [-0.25, -0.2) is 4.98 Å². The number of thiazole rings is 1. The summed E-state index contributed by atoms with van der Waals surface area (Å²) in [5, 5.41) is 24.0. The van der Waals surface area contributed by atoms with Crippen molar-refractivity contribution in [3.05, 3.63) is 124 Å². The van der Waals surface area contributed by atoms with Gasteiger partial charge in [-0.05, 0) is 99.1 Å². The Morgan fingerprint density at radius 1 is 0.793 bits per heavy atom. The van der Waals surface area contributed by atoms with Gasteiger partial charge in [0, 0.05) is 80.5 Å². The van der Waals surface area contributed by atoms with Crippen LogP contribution in [0.4, 0.5) is 33.7 Å². The second kappa shape index (κ2) is 21.7. The highest BCUT2D eigenvalue weighted by molar-refractivity contribution is 9.09. The number of thiocarbonyl (C=S) groups is 1. The Morgan fingerprint density at radius 2 is 1.29 bits per heavy atom. The summed E-state index contributed by atoms with van der Waals surface area (Å²) >= 11 is 8.85. The molecule has 296 valence electrons. The number of benzene rings is 4. The highest BCUT2D eigenvalue weighted by Gasteiger charge is 2.19. The number of piperazine rings is 2. The van der Waals surface area contributed by atoms with Crippen LogP contribution >= 0.6 is 39.5 Å². The van der Waals surface area contributed by atoms with Crippen molar-refractivity contribution in [2.75, 3.05) is 92.6 Å². The summed E-state index contributed by atoms with van der Waals surface area (Å²) in [5.74, 6) is -0.0587. The summed E-state index contributed by atoms with van der Waals surface area (Å²) in [4.78, 5) is 42.0. The van der Waals surface area contributed by atoms with Crippen molar-refractivity contribution in [2.24, 2.45) is 4.99 Å². The van der Waals surface area contributed by atoms with Crippen LogP contribution in [0.15, 0.2) is 102 Å². The maximum absolute atomic E-state index is 12.8. The topological polar surface area (TPSA) is 158 Å². The molecule has 2 aliphatic heterocycles. The highest BCUT2D eigenvalue weighted by atomic mass is 79.9. The molecule has 0 spiro atoms. The van der Waals surface area contributed by atoms with Crippen molar-refractivity contribution in [1.82, 2.24) is 14.8 Å². The largest absolute Gasteiger partial charge is 0.382 e. The molecule has 0 amide bonds. The number of aromatic nitrogens is 1. The van der Waals surface area contributed by atoms with E-state index in [1.807, 2.05) is 36.4 Å². The number of ketones is 2. The lowest BCUT2D eigenvalue weighted by molar-refractivity contribution is 0.102. The molecule has 2 fully saturated rings. The lowest BCUT2D eigenvalue weighted by Gasteiger charge is -2.34. The molecule has 3 N–H and O–H groups in total. The number of rotatable bonds is 9. The van der Waals surface area contributed by atoms with E-state index in [0.717, 1.165) is 63.7 Å². The fourth-order valence-electron chi connectivity index (χ4n) is 6.05. The zero-order valence-electron chi connectivity index (χ0n) is 32.3. The zero-order valence-corrected chi connectivity index (χ0v) is 35.5. The number of nitrogens with one attached hydrogen (secondary N) is 1. The number of nitriles is 2. The van der Waals surface area contributed by atoms with Crippen LogP contribution in [0.2, 0.25) is 0 Å². The van der Waals surface area contributed by atoms with Gasteiger partial charge in [-0.1, -0.05) is 51.5 Å². The molecule has 0 radical (unpaired) electrons. The number of hydrogen-bond acceptors (Lipinski definition) is 14. The Kier molecular flexibility index (Phi) is 16.2. The third-order valence-corrected chi connectivity index (χ3v) is 11.0. The number of likely N-dealkylation sites (N-methyl/N-ethyl adjacent to an activating group) is 2. The standard InChI is InChI=1S/C22H22N6OS.C12H15N3S.C9H6BrNO/c1-27-9-11-28(12-10-27)18-7-5-17(6-8-18)25-22-26-21(24)20(30-22)19(29)16-4-2-3-15(13-16)14-23;1-14-6-8-15(9-7-14)12-4-2-11(3-5-12)13-10-16;10-5-9(12)8-3-1-2-7(4-8)6-11/h2-8,13H,9-12,24H2,1H3,(H,25,26);2-5H,6-9H2,1H3;1-4H,5H2. The number of aliphatic imine (C=N–C) groups is 1. The van der Waals surface area contributed by atoms with Gasteiger partial charge in [0.1, 0.15) is 10.7 Å². The molecule has 2 saturated heterocycles. The quantitative estimate of drug-likeness (QED) is 0.0647. The van der Waals surface area contributed by atoms with Crippen molar-refractivity contribution in [2.45, 2.75) is 0 Å². The first-order valence-electron chi connectivity index (χ1n) is 18.4. The summed E-state index contributed by atoms with van der Waals surface area (Å²) in [5.41, 5.74) is 12.2. The van der Waals surface area contributed by atoms with Crippen LogP contribution < -0.4 is 20.9 Å². The Bertz CT molecular complexity index is 2300. The normalized spacial score (nSPS) is 13.9. The van der Waals surface area contributed by atoms with E-state index in [0.29, 0.717) is 37.6 Å². The fraction of sp³-hybridized carbons (Fsp3) is 0.256. The van der Waals surface area contributed by atoms with E-state index in [1.165, 1.54) is 22.7 Å². The van der Waals surface area contributed by atoms with Gasteiger partial charge in [-0.2, -0.15) is 15.5 Å². The summed E-state index contributed by atoms with van der Waals surface area (Å²) in [6, 6.07) is 33.6. The van der Waals surface area contributed by atoms with Crippen LogP contribution in [0.5, 0.6) is 0 Å². The van der Waals surface area contributed by atoms with E-state index < -0.39 is 0 Å². The molecule has 58 heavy (non-hydrogen) atoms. The van der Waals surface area contributed by atoms with Gasteiger partial charge in [-0.3, -0.25) is 9.59 Å². The lowest BCUT2D eigenvalue weighted by Crippen LogP contribution is -2.44. The average molecular weight is 876 g/mol. The third kappa shape index (κ3) is 12.4. The van der Waals surface area contributed by atoms with Crippen molar-refractivity contribution in [1.29, 1.82) is 10.5 Å². The Hall–Kier alpha value is -5.77. The number of hydrogen-bond donors (Lipinski definition) is 2. The number of halogens is 1. The summed E-state index contributed by atoms with van der Waals surface area (Å²) in [6.45, 7) is 8.59. The second-order valence-corrected chi connectivity index (χ2v) is 15.2. The predicted octanol–water partition coefficient (Wildman–Crippen LogP) is 7.63. The number of nitrogens with zero attached hydrogens (tertiary/aromatic N) is 8.